The van der Waals surface area contributed by atoms with Crippen LogP contribution in [0.2, 0.25) is 0 Å². The summed E-state index contributed by atoms with van der Waals surface area (Å²) in [6, 6.07) is 1.58. The van der Waals surface area contributed by atoms with Crippen LogP contribution in [0.4, 0.5) is 5.69 Å². The molecule has 142 valence electrons. The molecule has 3 rings (SSSR count). The Morgan fingerprint density at radius 1 is 1.33 bits per heavy atom. The number of halogens is 1. The molecule has 10 heteroatoms. The van der Waals surface area contributed by atoms with Crippen molar-refractivity contribution in [1.29, 1.82) is 0 Å². The molecule has 0 bridgehead atoms. The number of hydrogen-bond donors (Lipinski definition) is 3. The molecular weight excluding hydrogens is 416 g/mol. The van der Waals surface area contributed by atoms with Gasteiger partial charge in [0, 0.05) is 16.7 Å². The first-order chi connectivity index (χ1) is 12.6. The standard InChI is InChI=1S/C17H19BrN6O3/c1-8(17(2,3)16-23-11(7-27-16)15(20)26)22-13-10(14(19)25)5-21-24-6-9(18)4-12(13)24/h4-8,22H,1-3H3,(H2,19,25)(H2,20,26). The van der Waals surface area contributed by atoms with E-state index in [0.717, 1.165) is 4.47 Å². The number of fused-ring (bicyclic) bond motifs is 1. The summed E-state index contributed by atoms with van der Waals surface area (Å²) < 4.78 is 7.89. The van der Waals surface area contributed by atoms with Crippen LogP contribution in [0, 0.1) is 0 Å². The fraction of sp³-hybridized carbons (Fsp3) is 0.294. The Bertz CT molecular complexity index is 1040. The topological polar surface area (TPSA) is 142 Å². The molecule has 0 fully saturated rings. The molecule has 0 aromatic carbocycles. The van der Waals surface area contributed by atoms with Gasteiger partial charge in [0.15, 0.2) is 5.69 Å². The van der Waals surface area contributed by atoms with Crippen LogP contribution in [-0.4, -0.2) is 32.5 Å². The van der Waals surface area contributed by atoms with Crippen molar-refractivity contribution in [3.8, 4) is 0 Å². The molecule has 0 saturated carbocycles. The predicted octanol–water partition coefficient (Wildman–Crippen LogP) is 2.06. The average molecular weight is 435 g/mol. The minimum atomic E-state index is -0.661. The highest BCUT2D eigenvalue weighted by molar-refractivity contribution is 9.10. The van der Waals surface area contributed by atoms with Gasteiger partial charge in [-0.1, -0.05) is 0 Å². The van der Waals surface area contributed by atoms with Crippen molar-refractivity contribution in [3.63, 3.8) is 0 Å². The Hall–Kier alpha value is -2.88. The lowest BCUT2D eigenvalue weighted by molar-refractivity contribution is 0.0989. The SMILES string of the molecule is CC(Nc1c(C(N)=O)cnn2cc(Br)cc12)C(C)(C)c1nc(C(N)=O)co1. The van der Waals surface area contributed by atoms with E-state index in [1.165, 1.54) is 12.5 Å². The van der Waals surface area contributed by atoms with Crippen LogP contribution in [-0.2, 0) is 5.41 Å². The number of rotatable bonds is 6. The number of aromatic nitrogens is 3. The second-order valence-corrected chi connectivity index (χ2v) is 7.69. The van der Waals surface area contributed by atoms with Crippen molar-refractivity contribution in [3.05, 3.63) is 46.3 Å². The molecule has 5 N–H and O–H groups in total. The van der Waals surface area contributed by atoms with Crippen molar-refractivity contribution in [1.82, 2.24) is 14.6 Å². The molecule has 3 aromatic rings. The largest absolute Gasteiger partial charge is 0.447 e. The van der Waals surface area contributed by atoms with Crippen LogP contribution in [0.15, 0.2) is 33.6 Å². The number of nitrogens with one attached hydrogen (secondary N) is 1. The quantitative estimate of drug-likeness (QED) is 0.541. The first-order valence-electron chi connectivity index (χ1n) is 8.10. The molecular formula is C17H19BrN6O3. The molecule has 1 atom stereocenters. The van der Waals surface area contributed by atoms with Crippen molar-refractivity contribution >= 4 is 38.9 Å². The van der Waals surface area contributed by atoms with Gasteiger partial charge in [0.2, 0.25) is 5.89 Å². The number of carbonyl (C=O) groups is 2. The number of carbonyl (C=O) groups excluding carboxylic acids is 2. The van der Waals surface area contributed by atoms with Crippen LogP contribution in [0.25, 0.3) is 5.52 Å². The maximum absolute atomic E-state index is 11.9. The fourth-order valence-corrected chi connectivity index (χ4v) is 3.04. The van der Waals surface area contributed by atoms with Gasteiger partial charge in [0.1, 0.15) is 6.26 Å². The summed E-state index contributed by atoms with van der Waals surface area (Å²) in [5.41, 5.74) is 11.7. The number of amides is 2. The first-order valence-corrected chi connectivity index (χ1v) is 8.89. The maximum atomic E-state index is 11.9. The number of nitrogens with two attached hydrogens (primary N) is 2. The zero-order valence-corrected chi connectivity index (χ0v) is 16.6. The molecule has 0 aliphatic heterocycles. The van der Waals surface area contributed by atoms with E-state index < -0.39 is 17.2 Å². The predicted molar refractivity (Wildman–Crippen MR) is 103 cm³/mol. The summed E-state index contributed by atoms with van der Waals surface area (Å²) in [7, 11) is 0. The molecule has 2 amide bonds. The van der Waals surface area contributed by atoms with Gasteiger partial charge >= 0.3 is 0 Å². The molecule has 0 saturated heterocycles. The van der Waals surface area contributed by atoms with E-state index in [9.17, 15) is 9.59 Å². The van der Waals surface area contributed by atoms with Crippen LogP contribution < -0.4 is 16.8 Å². The number of anilines is 1. The molecule has 27 heavy (non-hydrogen) atoms. The van der Waals surface area contributed by atoms with Gasteiger partial charge in [-0.25, -0.2) is 9.50 Å². The second-order valence-electron chi connectivity index (χ2n) is 6.78. The van der Waals surface area contributed by atoms with Crippen LogP contribution >= 0.6 is 15.9 Å². The summed E-state index contributed by atoms with van der Waals surface area (Å²) >= 11 is 3.41. The van der Waals surface area contributed by atoms with Crippen molar-refractivity contribution in [2.45, 2.75) is 32.2 Å². The van der Waals surface area contributed by atoms with Crippen LogP contribution in [0.1, 0.15) is 47.5 Å². The summed E-state index contributed by atoms with van der Waals surface area (Å²) in [4.78, 5) is 27.3. The minimum Gasteiger partial charge on any atom is -0.447 e. The summed E-state index contributed by atoms with van der Waals surface area (Å²) in [6.07, 6.45) is 4.42. The zero-order chi connectivity index (χ0) is 19.9. The molecule has 1 unspecified atom stereocenters. The Morgan fingerprint density at radius 3 is 2.63 bits per heavy atom. The molecule has 3 heterocycles. The van der Waals surface area contributed by atoms with Gasteiger partial charge in [0.05, 0.1) is 28.4 Å². The molecule has 0 aliphatic rings. The van der Waals surface area contributed by atoms with Gasteiger partial charge in [-0.15, -0.1) is 0 Å². The first kappa shape index (κ1) is 18.9. The third-order valence-corrected chi connectivity index (χ3v) is 5.05. The highest BCUT2D eigenvalue weighted by Gasteiger charge is 2.34. The molecule has 0 spiro atoms. The fourth-order valence-electron chi connectivity index (χ4n) is 2.63. The van der Waals surface area contributed by atoms with Gasteiger partial charge in [-0.2, -0.15) is 5.10 Å². The van der Waals surface area contributed by atoms with Gasteiger partial charge in [0.25, 0.3) is 11.8 Å². The molecule has 0 radical (unpaired) electrons. The highest BCUT2D eigenvalue weighted by atomic mass is 79.9. The Morgan fingerprint density at radius 2 is 2.04 bits per heavy atom. The molecule has 9 nitrogen and oxygen atoms in total. The Balaban J connectivity index is 2.01. The summed E-state index contributed by atoms with van der Waals surface area (Å²) in [5, 5.41) is 7.52. The third-order valence-electron chi connectivity index (χ3n) is 4.62. The van der Waals surface area contributed by atoms with Crippen LogP contribution in [0.5, 0.6) is 0 Å². The second kappa shape index (κ2) is 6.69. The Labute approximate surface area is 163 Å². The lowest BCUT2D eigenvalue weighted by Crippen LogP contribution is -2.38. The van der Waals surface area contributed by atoms with Crippen molar-refractivity contribution in [2.75, 3.05) is 5.32 Å². The summed E-state index contributed by atoms with van der Waals surface area (Å²) in [6.45, 7) is 5.71. The van der Waals surface area contributed by atoms with E-state index in [2.05, 4.69) is 31.3 Å². The van der Waals surface area contributed by atoms with Gasteiger partial charge in [-0.3, -0.25) is 9.59 Å². The van der Waals surface area contributed by atoms with E-state index in [0.29, 0.717) is 17.1 Å². The smallest absolute Gasteiger partial charge is 0.270 e. The van der Waals surface area contributed by atoms with Crippen molar-refractivity contribution < 1.29 is 14.0 Å². The zero-order valence-electron chi connectivity index (χ0n) is 15.0. The minimum absolute atomic E-state index is 0.0601. The lowest BCUT2D eigenvalue weighted by atomic mass is 9.85. The number of nitrogens with zero attached hydrogens (tertiary/aromatic N) is 3. The third kappa shape index (κ3) is 3.39. The van der Waals surface area contributed by atoms with Crippen molar-refractivity contribution in [2.24, 2.45) is 11.5 Å². The Kier molecular flexibility index (Phi) is 4.68. The van der Waals surface area contributed by atoms with Crippen LogP contribution in [0.3, 0.4) is 0 Å². The monoisotopic (exact) mass is 434 g/mol. The van der Waals surface area contributed by atoms with E-state index in [1.54, 1.807) is 10.7 Å². The number of oxazole rings is 1. The molecule has 3 aromatic heterocycles. The number of hydrogen-bond acceptors (Lipinski definition) is 6. The highest BCUT2D eigenvalue weighted by Crippen LogP contribution is 2.32. The normalized spacial score (nSPS) is 12.9. The van der Waals surface area contributed by atoms with Gasteiger partial charge in [-0.05, 0) is 42.8 Å². The number of primary amides is 2. The van der Waals surface area contributed by atoms with Gasteiger partial charge < -0.3 is 21.2 Å². The maximum Gasteiger partial charge on any atom is 0.270 e. The van der Waals surface area contributed by atoms with E-state index >= 15 is 0 Å². The van der Waals surface area contributed by atoms with E-state index in [4.69, 9.17) is 15.9 Å². The molecule has 0 aliphatic carbocycles. The summed E-state index contributed by atoms with van der Waals surface area (Å²) in [5.74, 6) is -0.910. The average Bonchev–Trinajstić information content (AvgIpc) is 3.21. The lowest BCUT2D eigenvalue weighted by Gasteiger charge is -2.30. The van der Waals surface area contributed by atoms with E-state index in [-0.39, 0.29) is 17.3 Å². The van der Waals surface area contributed by atoms with E-state index in [1.807, 2.05) is 26.8 Å².